The molecule has 0 saturated carbocycles. The van der Waals surface area contributed by atoms with Crippen LogP contribution in [0.5, 0.6) is 0 Å². The predicted molar refractivity (Wildman–Crippen MR) is 123 cm³/mol. The average molecular weight is 473 g/mol. The lowest BCUT2D eigenvalue weighted by atomic mass is 10.1. The number of halogens is 1. The van der Waals surface area contributed by atoms with Crippen LogP contribution in [0.4, 0.5) is 15.2 Å². The van der Waals surface area contributed by atoms with Crippen molar-refractivity contribution in [1.82, 2.24) is 10.2 Å². The van der Waals surface area contributed by atoms with E-state index in [2.05, 4.69) is 15.5 Å². The van der Waals surface area contributed by atoms with Crippen LogP contribution in [0.25, 0.3) is 0 Å². The molecule has 1 aliphatic rings. The molecule has 3 aromatic rings. The molecule has 1 fully saturated rings. The third-order valence-electron chi connectivity index (χ3n) is 4.95. The highest BCUT2D eigenvalue weighted by molar-refractivity contribution is 7.99. The van der Waals surface area contributed by atoms with Gasteiger partial charge in [-0.05, 0) is 36.4 Å². The molecule has 7 nitrogen and oxygen atoms in total. The summed E-state index contributed by atoms with van der Waals surface area (Å²) in [6.45, 7) is 1.03. The number of carbonyl (C=O) groups excluding carboxylic acids is 2. The highest BCUT2D eigenvalue weighted by Gasteiger charge is 2.34. The number of methoxy groups -OCH3 is 1. The van der Waals surface area contributed by atoms with Crippen LogP contribution in [0.15, 0.2) is 53.4 Å². The van der Waals surface area contributed by atoms with Gasteiger partial charge < -0.3 is 9.64 Å². The Morgan fingerprint density at radius 1 is 1.25 bits per heavy atom. The Morgan fingerprint density at radius 2 is 2.03 bits per heavy atom. The Labute approximate surface area is 193 Å². The zero-order chi connectivity index (χ0) is 22.5. The first-order chi connectivity index (χ1) is 15.5. The minimum Gasteiger partial charge on any atom is -0.384 e. The Balaban J connectivity index is 1.42. The minimum atomic E-state index is -0.347. The Kier molecular flexibility index (Phi) is 7.13. The van der Waals surface area contributed by atoms with Crippen molar-refractivity contribution in [2.45, 2.75) is 17.2 Å². The zero-order valence-electron chi connectivity index (χ0n) is 17.3. The number of rotatable bonds is 8. The fourth-order valence-corrected chi connectivity index (χ4v) is 5.16. The summed E-state index contributed by atoms with van der Waals surface area (Å²) >= 11 is 2.81. The molecule has 0 radical (unpaired) electrons. The number of aromatic nitrogens is 2. The van der Waals surface area contributed by atoms with E-state index in [1.165, 1.54) is 23.5 Å². The maximum Gasteiger partial charge on any atom is 0.258 e. The average Bonchev–Trinajstić information content (AvgIpc) is 3.41. The molecule has 1 unspecified atom stereocenters. The molecular formula is C22H21FN4O3S2. The molecule has 2 amide bonds. The minimum absolute atomic E-state index is 0.0515. The number of nitrogens with one attached hydrogen (secondary N) is 1. The van der Waals surface area contributed by atoms with E-state index in [0.29, 0.717) is 41.0 Å². The van der Waals surface area contributed by atoms with Gasteiger partial charge in [-0.25, -0.2) is 4.39 Å². The summed E-state index contributed by atoms with van der Waals surface area (Å²) in [7, 11) is 1.64. The van der Waals surface area contributed by atoms with Gasteiger partial charge in [0.15, 0.2) is 0 Å². The van der Waals surface area contributed by atoms with Crippen molar-refractivity contribution in [2.24, 2.45) is 0 Å². The van der Waals surface area contributed by atoms with Crippen LogP contribution in [0.1, 0.15) is 27.7 Å². The molecule has 0 aliphatic carbocycles. The van der Waals surface area contributed by atoms with E-state index < -0.39 is 0 Å². The standard InChI is InChI=1S/C22H21FN4O3S2/c1-30-10-11-31-18-5-3-2-4-17(18)20(29)24-22-26-25-21(32-22)14-12-19(28)27(13-14)16-8-6-15(23)7-9-16/h2-9,14H,10-13H2,1H3,(H,24,26,29). The van der Waals surface area contributed by atoms with Crippen molar-refractivity contribution in [3.8, 4) is 0 Å². The lowest BCUT2D eigenvalue weighted by Gasteiger charge is -2.16. The van der Waals surface area contributed by atoms with Crippen molar-refractivity contribution in [2.75, 3.05) is 36.2 Å². The maximum absolute atomic E-state index is 13.2. The molecule has 1 aromatic heterocycles. The van der Waals surface area contributed by atoms with Gasteiger partial charge in [-0.2, -0.15) is 0 Å². The van der Waals surface area contributed by atoms with Gasteiger partial charge in [0.05, 0.1) is 12.2 Å². The molecule has 10 heteroatoms. The zero-order valence-corrected chi connectivity index (χ0v) is 18.9. The molecule has 166 valence electrons. The Morgan fingerprint density at radius 3 is 2.81 bits per heavy atom. The normalized spacial score (nSPS) is 15.9. The molecule has 2 aromatic carbocycles. The maximum atomic E-state index is 13.2. The van der Waals surface area contributed by atoms with E-state index in [9.17, 15) is 14.0 Å². The van der Waals surface area contributed by atoms with Crippen LogP contribution in [0, 0.1) is 5.82 Å². The van der Waals surface area contributed by atoms with Gasteiger partial charge in [0, 0.05) is 42.3 Å². The lowest BCUT2D eigenvalue weighted by Crippen LogP contribution is -2.24. The quantitative estimate of drug-likeness (QED) is 0.391. The third-order valence-corrected chi connectivity index (χ3v) is 6.99. The summed E-state index contributed by atoms with van der Waals surface area (Å²) in [6, 6.07) is 13.2. The highest BCUT2D eigenvalue weighted by Crippen LogP contribution is 2.34. The Bertz CT molecular complexity index is 1110. The summed E-state index contributed by atoms with van der Waals surface area (Å²) in [5.74, 6) is -0.0509. The van der Waals surface area contributed by atoms with Gasteiger partial charge in [-0.15, -0.1) is 22.0 Å². The smallest absolute Gasteiger partial charge is 0.258 e. The monoisotopic (exact) mass is 472 g/mol. The van der Waals surface area contributed by atoms with Crippen LogP contribution < -0.4 is 10.2 Å². The van der Waals surface area contributed by atoms with Gasteiger partial charge >= 0.3 is 0 Å². The van der Waals surface area contributed by atoms with Crippen LogP contribution in [0.3, 0.4) is 0 Å². The number of ether oxygens (including phenoxy) is 1. The molecule has 1 aliphatic heterocycles. The second-order valence-corrected chi connectivity index (χ2v) is 9.26. The molecule has 1 saturated heterocycles. The summed E-state index contributed by atoms with van der Waals surface area (Å²) in [5, 5.41) is 12.2. The Hall–Kier alpha value is -2.82. The van der Waals surface area contributed by atoms with Crippen LogP contribution >= 0.6 is 23.1 Å². The van der Waals surface area contributed by atoms with Gasteiger partial charge in [0.25, 0.3) is 5.91 Å². The first-order valence-corrected chi connectivity index (χ1v) is 11.8. The number of amides is 2. The van der Waals surface area contributed by atoms with Crippen molar-refractivity contribution >= 4 is 45.7 Å². The second-order valence-electron chi connectivity index (χ2n) is 7.12. The molecule has 0 bridgehead atoms. The fourth-order valence-electron chi connectivity index (χ4n) is 3.37. The van der Waals surface area contributed by atoms with E-state index in [1.807, 2.05) is 18.2 Å². The SMILES string of the molecule is COCCSc1ccccc1C(=O)Nc1nnc(C2CC(=O)N(c3ccc(F)cc3)C2)s1. The van der Waals surface area contributed by atoms with Crippen molar-refractivity contribution in [1.29, 1.82) is 0 Å². The highest BCUT2D eigenvalue weighted by atomic mass is 32.2. The van der Waals surface area contributed by atoms with Crippen molar-refractivity contribution in [3.63, 3.8) is 0 Å². The van der Waals surface area contributed by atoms with Crippen LogP contribution in [-0.2, 0) is 9.53 Å². The van der Waals surface area contributed by atoms with Crippen LogP contribution in [-0.4, -0.2) is 48.0 Å². The van der Waals surface area contributed by atoms with E-state index in [-0.39, 0.29) is 23.5 Å². The topological polar surface area (TPSA) is 84.4 Å². The number of thioether (sulfide) groups is 1. The molecule has 2 heterocycles. The van der Waals surface area contributed by atoms with Crippen LogP contribution in [0.2, 0.25) is 0 Å². The predicted octanol–water partition coefficient (Wildman–Crippen LogP) is 4.19. The lowest BCUT2D eigenvalue weighted by molar-refractivity contribution is -0.117. The molecule has 1 atom stereocenters. The summed E-state index contributed by atoms with van der Waals surface area (Å²) in [4.78, 5) is 27.8. The molecule has 4 rings (SSSR count). The molecular weight excluding hydrogens is 451 g/mol. The summed E-state index contributed by atoms with van der Waals surface area (Å²) < 4.78 is 18.3. The number of hydrogen-bond acceptors (Lipinski definition) is 7. The second kappa shape index (κ2) is 10.2. The van der Waals surface area contributed by atoms with E-state index >= 15 is 0 Å². The number of benzene rings is 2. The van der Waals surface area contributed by atoms with E-state index in [0.717, 1.165) is 10.6 Å². The van der Waals surface area contributed by atoms with Gasteiger partial charge in [0.2, 0.25) is 11.0 Å². The van der Waals surface area contributed by atoms with Gasteiger partial charge in [-0.3, -0.25) is 14.9 Å². The van der Waals surface area contributed by atoms with E-state index in [1.54, 1.807) is 42.0 Å². The summed E-state index contributed by atoms with van der Waals surface area (Å²) in [6.07, 6.45) is 0.291. The van der Waals surface area contributed by atoms with Gasteiger partial charge in [0.1, 0.15) is 10.8 Å². The first-order valence-electron chi connectivity index (χ1n) is 9.96. The molecule has 32 heavy (non-hydrogen) atoms. The molecule has 0 spiro atoms. The third kappa shape index (κ3) is 5.14. The number of hydrogen-bond donors (Lipinski definition) is 1. The van der Waals surface area contributed by atoms with Gasteiger partial charge in [-0.1, -0.05) is 23.5 Å². The molecule has 1 N–H and O–H groups in total. The van der Waals surface area contributed by atoms with E-state index in [4.69, 9.17) is 4.74 Å². The fraction of sp³-hybridized carbons (Fsp3) is 0.273. The number of nitrogens with zero attached hydrogens (tertiary/aromatic N) is 3. The van der Waals surface area contributed by atoms with Crippen molar-refractivity contribution < 1.29 is 18.7 Å². The number of anilines is 2. The van der Waals surface area contributed by atoms with Crippen molar-refractivity contribution in [3.05, 3.63) is 64.9 Å². The largest absolute Gasteiger partial charge is 0.384 e. The number of carbonyl (C=O) groups is 2. The summed E-state index contributed by atoms with van der Waals surface area (Å²) in [5.41, 5.74) is 1.21. The first kappa shape index (κ1) is 22.4.